The summed E-state index contributed by atoms with van der Waals surface area (Å²) in [6.07, 6.45) is 0.851. The van der Waals surface area contributed by atoms with Crippen LogP contribution in [0.4, 0.5) is 0 Å². The van der Waals surface area contributed by atoms with Crippen LogP contribution >= 0.6 is 0 Å². The van der Waals surface area contributed by atoms with Crippen LogP contribution in [0.15, 0.2) is 11.5 Å². The Hall–Kier alpha value is -1.09. The van der Waals surface area contributed by atoms with E-state index in [-0.39, 0.29) is 24.7 Å². The zero-order valence-electron chi connectivity index (χ0n) is 15.6. The maximum Gasteiger partial charge on any atom is 0.500 e. The van der Waals surface area contributed by atoms with Crippen molar-refractivity contribution < 1.29 is 32.7 Å². The molecule has 0 rings (SSSR count). The van der Waals surface area contributed by atoms with Crippen molar-refractivity contribution in [2.24, 2.45) is 0 Å². The second kappa shape index (κ2) is 13.2. The van der Waals surface area contributed by atoms with Crippen molar-refractivity contribution in [2.45, 2.75) is 53.5 Å². The van der Waals surface area contributed by atoms with E-state index in [4.69, 9.17) is 22.8 Å². The third-order valence-corrected chi connectivity index (χ3v) is 6.21. The fraction of sp³-hybridized carbons (Fsp3) is 0.812. The van der Waals surface area contributed by atoms with E-state index in [1.807, 2.05) is 20.8 Å². The molecule has 0 aromatic carbocycles. The Morgan fingerprint density at radius 1 is 0.833 bits per heavy atom. The largest absolute Gasteiger partial charge is 0.500 e. The number of ether oxygens (including phenoxy) is 2. The minimum Gasteiger partial charge on any atom is -0.481 e. The molecule has 0 aromatic rings. The van der Waals surface area contributed by atoms with E-state index in [0.29, 0.717) is 38.7 Å². The quantitative estimate of drug-likeness (QED) is 0.219. The van der Waals surface area contributed by atoms with Gasteiger partial charge >= 0.3 is 14.8 Å². The maximum absolute atomic E-state index is 12.0. The topological polar surface area (TPSA) is 83.5 Å². The Morgan fingerprint density at radius 3 is 1.75 bits per heavy atom. The average molecular weight is 365 g/mol. The summed E-state index contributed by atoms with van der Waals surface area (Å²) in [5.41, 5.74) is 0.131. The summed E-state index contributed by atoms with van der Waals surface area (Å²) in [5, 5.41) is 9.92. The molecule has 1 N–H and O–H groups in total. The Bertz CT molecular complexity index is 368. The summed E-state index contributed by atoms with van der Waals surface area (Å²) in [6, 6.07) is 0.546. The minimum atomic E-state index is -2.77. The Kier molecular flexibility index (Phi) is 12.6. The molecule has 0 amide bonds. The normalized spacial score (nSPS) is 12.7. The molecule has 24 heavy (non-hydrogen) atoms. The highest BCUT2D eigenvalue weighted by Crippen LogP contribution is 2.22. The SMILES string of the molecule is CCOC(=O)C(CCC[Si](OCC)(OCC)OCC)=C(O)OCC. The summed E-state index contributed by atoms with van der Waals surface area (Å²) in [5.74, 6) is -0.951. The molecule has 8 heteroatoms. The summed E-state index contributed by atoms with van der Waals surface area (Å²) in [6.45, 7) is 11.1. The fourth-order valence-electron chi connectivity index (χ4n) is 2.22. The van der Waals surface area contributed by atoms with Crippen molar-refractivity contribution in [3.8, 4) is 0 Å². The lowest BCUT2D eigenvalue weighted by atomic mass is 10.1. The first-order valence-electron chi connectivity index (χ1n) is 8.63. The average Bonchev–Trinajstić information content (AvgIpc) is 2.52. The first-order valence-corrected chi connectivity index (χ1v) is 10.6. The van der Waals surface area contributed by atoms with Crippen LogP contribution in [0.5, 0.6) is 0 Å². The van der Waals surface area contributed by atoms with Gasteiger partial charge in [0.25, 0.3) is 5.95 Å². The second-order valence-corrected chi connectivity index (χ2v) is 7.50. The first kappa shape index (κ1) is 22.9. The van der Waals surface area contributed by atoms with Crippen LogP contribution in [-0.2, 0) is 27.5 Å². The van der Waals surface area contributed by atoms with Gasteiger partial charge in [0, 0.05) is 25.9 Å². The molecular formula is C16H32O7Si. The molecule has 0 spiro atoms. The number of aliphatic hydroxyl groups excluding tert-OH is 1. The van der Waals surface area contributed by atoms with Gasteiger partial charge in [-0.3, -0.25) is 0 Å². The van der Waals surface area contributed by atoms with Crippen LogP contribution in [0.25, 0.3) is 0 Å². The van der Waals surface area contributed by atoms with E-state index in [2.05, 4.69) is 0 Å². The van der Waals surface area contributed by atoms with E-state index in [9.17, 15) is 9.90 Å². The van der Waals surface area contributed by atoms with E-state index < -0.39 is 14.8 Å². The molecule has 0 unspecified atom stereocenters. The van der Waals surface area contributed by atoms with Gasteiger partial charge in [-0.2, -0.15) is 0 Å². The van der Waals surface area contributed by atoms with Gasteiger partial charge in [-0.25, -0.2) is 4.79 Å². The van der Waals surface area contributed by atoms with Gasteiger partial charge in [-0.15, -0.1) is 0 Å². The fourth-order valence-corrected chi connectivity index (χ4v) is 4.83. The Balaban J connectivity index is 4.98. The molecule has 0 aliphatic carbocycles. The Morgan fingerprint density at radius 2 is 1.33 bits per heavy atom. The zero-order chi connectivity index (χ0) is 18.4. The van der Waals surface area contributed by atoms with E-state index in [1.54, 1.807) is 13.8 Å². The molecule has 0 heterocycles. The molecule has 0 radical (unpaired) electrons. The van der Waals surface area contributed by atoms with Gasteiger partial charge in [0.15, 0.2) is 0 Å². The lowest BCUT2D eigenvalue weighted by molar-refractivity contribution is -0.139. The molecule has 0 aliphatic heterocycles. The molecule has 0 saturated carbocycles. The summed E-state index contributed by atoms with van der Waals surface area (Å²) < 4.78 is 27.4. The zero-order valence-corrected chi connectivity index (χ0v) is 16.6. The third-order valence-electron chi connectivity index (χ3n) is 3.06. The van der Waals surface area contributed by atoms with Crippen molar-refractivity contribution in [1.82, 2.24) is 0 Å². The van der Waals surface area contributed by atoms with E-state index in [0.717, 1.165) is 0 Å². The summed E-state index contributed by atoms with van der Waals surface area (Å²) >= 11 is 0. The number of carbonyl (C=O) groups excluding carboxylic acids is 1. The molecule has 0 aliphatic rings. The highest BCUT2D eigenvalue weighted by atomic mass is 28.4. The molecule has 0 atom stereocenters. The molecule has 0 bridgehead atoms. The van der Waals surface area contributed by atoms with Crippen LogP contribution in [0.1, 0.15) is 47.5 Å². The number of aliphatic hydroxyl groups is 1. The van der Waals surface area contributed by atoms with E-state index >= 15 is 0 Å². The lowest BCUT2D eigenvalue weighted by Crippen LogP contribution is -2.45. The number of hydrogen-bond donors (Lipinski definition) is 1. The van der Waals surface area contributed by atoms with Gasteiger partial charge in [-0.1, -0.05) is 0 Å². The van der Waals surface area contributed by atoms with Crippen LogP contribution in [0.2, 0.25) is 6.04 Å². The molecular weight excluding hydrogens is 332 g/mol. The van der Waals surface area contributed by atoms with Crippen molar-refractivity contribution in [1.29, 1.82) is 0 Å². The predicted molar refractivity (Wildman–Crippen MR) is 92.6 cm³/mol. The molecule has 0 saturated heterocycles. The van der Waals surface area contributed by atoms with Crippen LogP contribution in [0, 0.1) is 0 Å². The van der Waals surface area contributed by atoms with Crippen LogP contribution in [0.3, 0.4) is 0 Å². The Labute approximate surface area is 146 Å². The van der Waals surface area contributed by atoms with Gasteiger partial charge in [0.05, 0.1) is 13.2 Å². The van der Waals surface area contributed by atoms with Crippen molar-refractivity contribution in [3.05, 3.63) is 11.5 Å². The molecule has 0 aromatic heterocycles. The smallest absolute Gasteiger partial charge is 0.481 e. The van der Waals surface area contributed by atoms with Crippen LogP contribution in [-0.4, -0.2) is 52.9 Å². The lowest BCUT2D eigenvalue weighted by Gasteiger charge is -2.28. The third kappa shape index (κ3) is 8.14. The van der Waals surface area contributed by atoms with Crippen LogP contribution < -0.4 is 0 Å². The van der Waals surface area contributed by atoms with Gasteiger partial charge < -0.3 is 27.9 Å². The predicted octanol–water partition coefficient (Wildman–Crippen LogP) is 3.18. The monoisotopic (exact) mass is 364 g/mol. The summed E-state index contributed by atoms with van der Waals surface area (Å²) in [4.78, 5) is 12.0. The minimum absolute atomic E-state index is 0.131. The first-order chi connectivity index (χ1) is 11.5. The molecule has 0 fully saturated rings. The number of rotatable bonds is 14. The van der Waals surface area contributed by atoms with Crippen molar-refractivity contribution >= 4 is 14.8 Å². The van der Waals surface area contributed by atoms with Gasteiger partial charge in [-0.05, 0) is 47.5 Å². The van der Waals surface area contributed by atoms with Crippen molar-refractivity contribution in [2.75, 3.05) is 33.0 Å². The van der Waals surface area contributed by atoms with Gasteiger partial charge in [0.2, 0.25) is 0 Å². The number of esters is 1. The highest BCUT2D eigenvalue weighted by molar-refractivity contribution is 6.60. The molecule has 7 nitrogen and oxygen atoms in total. The van der Waals surface area contributed by atoms with E-state index in [1.165, 1.54) is 0 Å². The number of carbonyl (C=O) groups is 1. The molecule has 142 valence electrons. The van der Waals surface area contributed by atoms with Crippen molar-refractivity contribution in [3.63, 3.8) is 0 Å². The van der Waals surface area contributed by atoms with Gasteiger partial charge in [0.1, 0.15) is 5.57 Å². The summed E-state index contributed by atoms with van der Waals surface area (Å²) in [7, 11) is -2.77. The second-order valence-electron chi connectivity index (χ2n) is 4.77. The highest BCUT2D eigenvalue weighted by Gasteiger charge is 2.40. The number of hydrogen-bond acceptors (Lipinski definition) is 7. The maximum atomic E-state index is 12.0. The standard InChI is InChI=1S/C16H32O7Si/c1-6-19-15(17)14(16(18)20-7-2)12-11-13-24(21-8-3,22-9-4)23-10-5/h17H,6-13H2,1-5H3.